The zero-order chi connectivity index (χ0) is 15.5. The van der Waals surface area contributed by atoms with Crippen molar-refractivity contribution in [2.75, 3.05) is 0 Å². The van der Waals surface area contributed by atoms with Crippen LogP contribution in [0.2, 0.25) is 0 Å². The first-order chi connectivity index (χ1) is 10.8. The molecule has 0 N–H and O–H groups in total. The van der Waals surface area contributed by atoms with Crippen molar-refractivity contribution in [1.29, 1.82) is 0 Å². The predicted octanol–water partition coefficient (Wildman–Crippen LogP) is 6.79. The summed E-state index contributed by atoms with van der Waals surface area (Å²) in [5.41, 5.74) is 4.97. The maximum absolute atomic E-state index is 4.04. The summed E-state index contributed by atoms with van der Waals surface area (Å²) >= 11 is 2.43. The molecule has 0 spiro atoms. The molecule has 0 amide bonds. The standard InChI is InChI=1S/C21H17I/c1-3-10-17-16(4-2)21(22)19-14-9-8-13-18(19)20(17)15-11-6-5-7-12-15/h3-14H,2H2,1H3/b10-3-. The van der Waals surface area contributed by atoms with Crippen LogP contribution >= 0.6 is 22.6 Å². The third-order valence-electron chi connectivity index (χ3n) is 3.83. The highest BCUT2D eigenvalue weighted by Crippen LogP contribution is 2.39. The van der Waals surface area contributed by atoms with Gasteiger partial charge >= 0.3 is 0 Å². The number of benzene rings is 3. The summed E-state index contributed by atoms with van der Waals surface area (Å²) in [5.74, 6) is 0. The highest BCUT2D eigenvalue weighted by Gasteiger charge is 2.15. The summed E-state index contributed by atoms with van der Waals surface area (Å²) < 4.78 is 1.26. The van der Waals surface area contributed by atoms with E-state index in [2.05, 4.69) is 103 Å². The molecule has 3 rings (SSSR count). The lowest BCUT2D eigenvalue weighted by Gasteiger charge is -2.17. The van der Waals surface area contributed by atoms with Gasteiger partial charge in [-0.3, -0.25) is 0 Å². The number of rotatable bonds is 3. The largest absolute Gasteiger partial charge is 0.0984 e. The molecule has 0 radical (unpaired) electrons. The van der Waals surface area contributed by atoms with Crippen molar-refractivity contribution < 1.29 is 0 Å². The monoisotopic (exact) mass is 396 g/mol. The molecule has 0 aliphatic carbocycles. The first-order valence-corrected chi connectivity index (χ1v) is 8.40. The summed E-state index contributed by atoms with van der Waals surface area (Å²) in [6.45, 7) is 6.10. The molecule has 0 heterocycles. The van der Waals surface area contributed by atoms with Gasteiger partial charge in [0.05, 0.1) is 0 Å². The van der Waals surface area contributed by atoms with Crippen molar-refractivity contribution in [2.45, 2.75) is 6.92 Å². The zero-order valence-electron chi connectivity index (χ0n) is 12.5. The smallest absolute Gasteiger partial charge is 0.0287 e. The van der Waals surface area contributed by atoms with Gasteiger partial charge < -0.3 is 0 Å². The lowest BCUT2D eigenvalue weighted by atomic mass is 9.89. The molecule has 0 saturated heterocycles. The van der Waals surface area contributed by atoms with E-state index in [1.165, 1.54) is 36.6 Å². The fraction of sp³-hybridized carbons (Fsp3) is 0.0476. The maximum Gasteiger partial charge on any atom is 0.0287 e. The molecule has 0 aromatic heterocycles. The first kappa shape index (κ1) is 15.0. The van der Waals surface area contributed by atoms with Crippen LogP contribution in [0.3, 0.4) is 0 Å². The van der Waals surface area contributed by atoms with E-state index >= 15 is 0 Å². The average molecular weight is 396 g/mol. The molecule has 0 aliphatic heterocycles. The fourth-order valence-corrected chi connectivity index (χ4v) is 3.87. The van der Waals surface area contributed by atoms with E-state index in [1.54, 1.807) is 0 Å². The van der Waals surface area contributed by atoms with E-state index in [0.29, 0.717) is 0 Å². The van der Waals surface area contributed by atoms with Crippen molar-refractivity contribution in [3.8, 4) is 11.1 Å². The van der Waals surface area contributed by atoms with Crippen LogP contribution in [0.5, 0.6) is 0 Å². The van der Waals surface area contributed by atoms with E-state index in [1.807, 2.05) is 6.08 Å². The summed E-state index contributed by atoms with van der Waals surface area (Å²) in [6, 6.07) is 19.2. The van der Waals surface area contributed by atoms with Crippen LogP contribution in [0.25, 0.3) is 34.1 Å². The topological polar surface area (TPSA) is 0 Å². The Balaban J connectivity index is 2.54. The van der Waals surface area contributed by atoms with Gasteiger partial charge in [-0.25, -0.2) is 0 Å². The van der Waals surface area contributed by atoms with Crippen molar-refractivity contribution in [2.24, 2.45) is 0 Å². The maximum atomic E-state index is 4.04. The third-order valence-corrected chi connectivity index (χ3v) is 4.99. The Morgan fingerprint density at radius 1 is 0.864 bits per heavy atom. The molecular weight excluding hydrogens is 379 g/mol. The van der Waals surface area contributed by atoms with Crippen molar-refractivity contribution in [1.82, 2.24) is 0 Å². The second kappa shape index (κ2) is 6.49. The second-order valence-corrected chi connectivity index (χ2v) is 6.21. The third kappa shape index (κ3) is 2.50. The van der Waals surface area contributed by atoms with E-state index in [9.17, 15) is 0 Å². The van der Waals surface area contributed by atoms with Crippen LogP contribution in [0.4, 0.5) is 0 Å². The van der Waals surface area contributed by atoms with Crippen LogP contribution in [0, 0.1) is 3.57 Å². The molecule has 0 nitrogen and oxygen atoms in total. The highest BCUT2D eigenvalue weighted by molar-refractivity contribution is 14.1. The van der Waals surface area contributed by atoms with Gasteiger partial charge in [-0.1, -0.05) is 79.4 Å². The molecule has 108 valence electrons. The Morgan fingerprint density at radius 3 is 2.14 bits per heavy atom. The summed E-state index contributed by atoms with van der Waals surface area (Å²) in [6.07, 6.45) is 6.25. The minimum atomic E-state index is 1.20. The molecule has 1 heteroatoms. The van der Waals surface area contributed by atoms with E-state index in [-0.39, 0.29) is 0 Å². The van der Waals surface area contributed by atoms with Gasteiger partial charge in [0.1, 0.15) is 0 Å². The normalized spacial score (nSPS) is 11.2. The number of halogens is 1. The number of hydrogen-bond acceptors (Lipinski definition) is 0. The molecule has 0 unspecified atom stereocenters. The van der Waals surface area contributed by atoms with Gasteiger partial charge in [-0.05, 0) is 62.5 Å². The Hall–Kier alpha value is -1.87. The molecule has 0 fully saturated rings. The molecule has 0 bridgehead atoms. The number of hydrogen-bond donors (Lipinski definition) is 0. The highest BCUT2D eigenvalue weighted by atomic mass is 127. The predicted molar refractivity (Wildman–Crippen MR) is 107 cm³/mol. The molecule has 0 aliphatic rings. The Labute approximate surface area is 145 Å². The lowest BCUT2D eigenvalue weighted by molar-refractivity contribution is 1.57. The van der Waals surface area contributed by atoms with E-state index < -0.39 is 0 Å². The summed E-state index contributed by atoms with van der Waals surface area (Å²) in [4.78, 5) is 0. The lowest BCUT2D eigenvalue weighted by Crippen LogP contribution is -1.95. The van der Waals surface area contributed by atoms with E-state index in [0.717, 1.165) is 0 Å². The van der Waals surface area contributed by atoms with Crippen LogP contribution in [0.15, 0.2) is 67.3 Å². The molecule has 0 saturated carbocycles. The minimum Gasteiger partial charge on any atom is -0.0984 e. The van der Waals surface area contributed by atoms with Crippen LogP contribution in [0.1, 0.15) is 18.1 Å². The molecule has 3 aromatic rings. The van der Waals surface area contributed by atoms with Crippen molar-refractivity contribution >= 4 is 45.5 Å². The molecule has 22 heavy (non-hydrogen) atoms. The van der Waals surface area contributed by atoms with Gasteiger partial charge in [0.15, 0.2) is 0 Å². The number of fused-ring (bicyclic) bond motifs is 1. The van der Waals surface area contributed by atoms with Crippen LogP contribution in [-0.4, -0.2) is 0 Å². The summed E-state index contributed by atoms with van der Waals surface area (Å²) in [7, 11) is 0. The Bertz CT molecular complexity index is 858. The number of allylic oxidation sites excluding steroid dienone is 1. The van der Waals surface area contributed by atoms with Crippen LogP contribution in [-0.2, 0) is 0 Å². The Kier molecular flexibility index (Phi) is 4.44. The molecular formula is C21H17I. The van der Waals surface area contributed by atoms with E-state index in [4.69, 9.17) is 0 Å². The van der Waals surface area contributed by atoms with Crippen LogP contribution < -0.4 is 0 Å². The molecule has 0 atom stereocenters. The quantitative estimate of drug-likeness (QED) is 0.428. The van der Waals surface area contributed by atoms with Crippen molar-refractivity contribution in [3.05, 3.63) is 81.9 Å². The van der Waals surface area contributed by atoms with Gasteiger partial charge in [0, 0.05) is 3.57 Å². The SMILES string of the molecule is C=Cc1c(/C=C\C)c(-c2ccccc2)c2ccccc2c1I. The minimum absolute atomic E-state index is 1.20. The first-order valence-electron chi connectivity index (χ1n) is 7.32. The van der Waals surface area contributed by atoms with Gasteiger partial charge in [0.25, 0.3) is 0 Å². The zero-order valence-corrected chi connectivity index (χ0v) is 14.7. The van der Waals surface area contributed by atoms with Gasteiger partial charge in [-0.15, -0.1) is 0 Å². The average Bonchev–Trinajstić information content (AvgIpc) is 2.57. The van der Waals surface area contributed by atoms with Gasteiger partial charge in [-0.2, -0.15) is 0 Å². The second-order valence-electron chi connectivity index (χ2n) is 5.13. The van der Waals surface area contributed by atoms with Crippen molar-refractivity contribution in [3.63, 3.8) is 0 Å². The Morgan fingerprint density at radius 2 is 1.50 bits per heavy atom. The summed E-state index contributed by atoms with van der Waals surface area (Å²) in [5, 5.41) is 2.57. The fourth-order valence-electron chi connectivity index (χ4n) is 2.89. The molecule has 3 aromatic carbocycles. The van der Waals surface area contributed by atoms with Gasteiger partial charge in [0.2, 0.25) is 0 Å².